The highest BCUT2D eigenvalue weighted by atomic mass is 35.5. The maximum absolute atomic E-state index is 12.4. The van der Waals surface area contributed by atoms with Crippen LogP contribution >= 0.6 is 23.4 Å². The van der Waals surface area contributed by atoms with Gasteiger partial charge < -0.3 is 14.6 Å². The highest BCUT2D eigenvalue weighted by molar-refractivity contribution is 7.99. The van der Waals surface area contributed by atoms with Gasteiger partial charge in [-0.05, 0) is 50.6 Å². The number of nitrogens with one attached hydrogen (secondary N) is 1. The van der Waals surface area contributed by atoms with E-state index >= 15 is 0 Å². The molecule has 0 radical (unpaired) electrons. The number of rotatable bonds is 8. The lowest BCUT2D eigenvalue weighted by Gasteiger charge is -2.15. The Morgan fingerprint density at radius 3 is 2.72 bits per heavy atom. The van der Waals surface area contributed by atoms with Crippen molar-refractivity contribution in [1.82, 2.24) is 14.8 Å². The summed E-state index contributed by atoms with van der Waals surface area (Å²) >= 11 is 7.36. The van der Waals surface area contributed by atoms with Gasteiger partial charge >= 0.3 is 0 Å². The zero-order chi connectivity index (χ0) is 20.8. The van der Waals surface area contributed by atoms with E-state index in [1.165, 1.54) is 11.8 Å². The molecule has 3 rings (SSSR count). The van der Waals surface area contributed by atoms with Crippen LogP contribution in [-0.4, -0.2) is 26.4 Å². The lowest BCUT2D eigenvalue weighted by Crippen LogP contribution is -2.16. The molecule has 152 valence electrons. The Bertz CT molecular complexity index is 978. The molecule has 29 heavy (non-hydrogen) atoms. The Hall–Kier alpha value is -2.51. The highest BCUT2D eigenvalue weighted by Gasteiger charge is 2.19. The van der Waals surface area contributed by atoms with Crippen molar-refractivity contribution in [2.45, 2.75) is 38.6 Å². The van der Waals surface area contributed by atoms with E-state index < -0.39 is 0 Å². The van der Waals surface area contributed by atoms with Crippen molar-refractivity contribution in [3.63, 3.8) is 0 Å². The summed E-state index contributed by atoms with van der Waals surface area (Å²) in [5, 5.41) is 12.7. The van der Waals surface area contributed by atoms with Gasteiger partial charge in [0.1, 0.15) is 5.75 Å². The SMILES string of the molecule is CCn1c(SCC(=O)Nc2cc(Cl)ccc2C)nnc1[C@H](C)Oc1ccccc1. The summed E-state index contributed by atoms with van der Waals surface area (Å²) in [4.78, 5) is 12.4. The minimum absolute atomic E-state index is 0.124. The summed E-state index contributed by atoms with van der Waals surface area (Å²) in [7, 11) is 0. The average Bonchev–Trinajstić information content (AvgIpc) is 3.13. The lowest BCUT2D eigenvalue weighted by molar-refractivity contribution is -0.113. The van der Waals surface area contributed by atoms with Crippen molar-refractivity contribution >= 4 is 35.0 Å². The van der Waals surface area contributed by atoms with Crippen LogP contribution in [0.3, 0.4) is 0 Å². The zero-order valence-corrected chi connectivity index (χ0v) is 18.1. The molecule has 0 unspecified atom stereocenters. The Morgan fingerprint density at radius 2 is 2.00 bits per heavy atom. The van der Waals surface area contributed by atoms with Gasteiger partial charge in [-0.1, -0.05) is 47.6 Å². The first-order valence-electron chi connectivity index (χ1n) is 9.31. The molecule has 1 amide bonds. The number of benzene rings is 2. The first-order chi connectivity index (χ1) is 14.0. The summed E-state index contributed by atoms with van der Waals surface area (Å²) in [5.74, 6) is 1.60. The minimum Gasteiger partial charge on any atom is -0.483 e. The summed E-state index contributed by atoms with van der Waals surface area (Å²) < 4.78 is 7.93. The third-order valence-electron chi connectivity index (χ3n) is 4.29. The van der Waals surface area contributed by atoms with Gasteiger partial charge in [-0.2, -0.15) is 0 Å². The molecule has 0 aliphatic rings. The molecule has 2 aromatic carbocycles. The summed E-state index contributed by atoms with van der Waals surface area (Å²) in [6.07, 6.45) is -0.262. The monoisotopic (exact) mass is 430 g/mol. The summed E-state index contributed by atoms with van der Waals surface area (Å²) in [5.41, 5.74) is 1.67. The highest BCUT2D eigenvalue weighted by Crippen LogP contribution is 2.25. The third kappa shape index (κ3) is 5.52. The molecule has 3 aromatic rings. The summed E-state index contributed by atoms with van der Waals surface area (Å²) in [6, 6.07) is 15.0. The first kappa shape index (κ1) is 21.2. The van der Waals surface area contributed by atoms with Crippen LogP contribution < -0.4 is 10.1 Å². The number of amides is 1. The molecule has 0 saturated heterocycles. The van der Waals surface area contributed by atoms with Gasteiger partial charge in [-0.15, -0.1) is 10.2 Å². The van der Waals surface area contributed by atoms with Crippen LogP contribution in [0.1, 0.15) is 31.3 Å². The van der Waals surface area contributed by atoms with Crippen LogP contribution in [0, 0.1) is 6.92 Å². The second-order valence-corrected chi connectivity index (χ2v) is 7.83. The van der Waals surface area contributed by atoms with E-state index in [4.69, 9.17) is 16.3 Å². The van der Waals surface area contributed by atoms with Gasteiger partial charge in [0.15, 0.2) is 17.1 Å². The Morgan fingerprint density at radius 1 is 1.24 bits per heavy atom. The number of para-hydroxylation sites is 1. The number of ether oxygens (including phenoxy) is 1. The maximum Gasteiger partial charge on any atom is 0.234 e. The van der Waals surface area contributed by atoms with Crippen molar-refractivity contribution in [3.8, 4) is 5.75 Å². The molecule has 1 aromatic heterocycles. The van der Waals surface area contributed by atoms with Crippen LogP contribution in [0.15, 0.2) is 53.7 Å². The molecule has 6 nitrogen and oxygen atoms in total. The second kappa shape index (κ2) is 9.80. The molecule has 0 fully saturated rings. The van der Waals surface area contributed by atoms with Gasteiger partial charge in [0.2, 0.25) is 5.91 Å². The number of carbonyl (C=O) groups is 1. The quantitative estimate of drug-likeness (QED) is 0.501. The molecule has 0 aliphatic heterocycles. The molecule has 8 heteroatoms. The predicted molar refractivity (Wildman–Crippen MR) is 117 cm³/mol. The van der Waals surface area contributed by atoms with Crippen LogP contribution in [-0.2, 0) is 11.3 Å². The lowest BCUT2D eigenvalue weighted by atomic mass is 10.2. The topological polar surface area (TPSA) is 69.0 Å². The summed E-state index contributed by atoms with van der Waals surface area (Å²) in [6.45, 7) is 6.56. The van der Waals surface area contributed by atoms with E-state index in [1.54, 1.807) is 12.1 Å². The molecule has 0 bridgehead atoms. The molecule has 0 aliphatic carbocycles. The van der Waals surface area contributed by atoms with Crippen molar-refractivity contribution in [3.05, 3.63) is 64.9 Å². The van der Waals surface area contributed by atoms with E-state index in [1.807, 2.05) is 61.7 Å². The number of halogens is 1. The first-order valence-corrected chi connectivity index (χ1v) is 10.7. The molecule has 0 saturated carbocycles. The largest absolute Gasteiger partial charge is 0.483 e. The fraction of sp³-hybridized carbons (Fsp3) is 0.286. The molecule has 1 atom stereocenters. The fourth-order valence-corrected chi connectivity index (χ4v) is 3.79. The Labute approximate surface area is 179 Å². The molecular formula is C21H23ClN4O2S. The molecule has 1 heterocycles. The van der Waals surface area contributed by atoms with Crippen molar-refractivity contribution in [1.29, 1.82) is 0 Å². The van der Waals surface area contributed by atoms with Crippen molar-refractivity contribution in [2.24, 2.45) is 0 Å². The number of aromatic nitrogens is 3. The number of anilines is 1. The number of hydrogen-bond acceptors (Lipinski definition) is 5. The predicted octanol–water partition coefficient (Wildman–Crippen LogP) is 5.13. The molecule has 0 spiro atoms. The molecule has 1 N–H and O–H groups in total. The molecular weight excluding hydrogens is 408 g/mol. The van der Waals surface area contributed by atoms with Gasteiger partial charge in [-0.3, -0.25) is 4.79 Å². The average molecular weight is 431 g/mol. The minimum atomic E-state index is -0.262. The van der Waals surface area contributed by atoms with Crippen LogP contribution in [0.2, 0.25) is 5.02 Å². The van der Waals surface area contributed by atoms with E-state index in [9.17, 15) is 4.79 Å². The van der Waals surface area contributed by atoms with Crippen molar-refractivity contribution in [2.75, 3.05) is 11.1 Å². The van der Waals surface area contributed by atoms with Crippen molar-refractivity contribution < 1.29 is 9.53 Å². The van der Waals surface area contributed by atoms with Crippen LogP contribution in [0.5, 0.6) is 5.75 Å². The van der Waals surface area contributed by atoms with Gasteiger partial charge in [0, 0.05) is 17.3 Å². The van der Waals surface area contributed by atoms with Gasteiger partial charge in [0.25, 0.3) is 0 Å². The second-order valence-electron chi connectivity index (χ2n) is 6.45. The number of aryl methyl sites for hydroxylation is 1. The zero-order valence-electron chi connectivity index (χ0n) is 16.6. The number of carbonyl (C=O) groups excluding carboxylic acids is 1. The fourth-order valence-electron chi connectivity index (χ4n) is 2.81. The third-order valence-corrected chi connectivity index (χ3v) is 5.49. The number of thioether (sulfide) groups is 1. The van der Waals surface area contributed by atoms with Gasteiger partial charge in [0.05, 0.1) is 5.75 Å². The van der Waals surface area contributed by atoms with Gasteiger partial charge in [-0.25, -0.2) is 0 Å². The standard InChI is InChI=1S/C21H23ClN4O2S/c1-4-26-20(15(3)28-17-8-6-5-7-9-17)24-25-21(26)29-13-19(27)23-18-12-16(22)11-10-14(18)2/h5-12,15H,4,13H2,1-3H3,(H,23,27)/t15-/m0/s1. The van der Waals surface area contributed by atoms with E-state index in [0.29, 0.717) is 22.4 Å². The van der Waals surface area contributed by atoms with E-state index in [2.05, 4.69) is 15.5 Å². The normalized spacial score (nSPS) is 11.9. The number of hydrogen-bond donors (Lipinski definition) is 1. The van der Waals surface area contributed by atoms with Crippen LogP contribution in [0.25, 0.3) is 0 Å². The number of nitrogens with zero attached hydrogens (tertiary/aromatic N) is 3. The Balaban J connectivity index is 1.64. The Kier molecular flexibility index (Phi) is 7.17. The van der Waals surface area contributed by atoms with E-state index in [0.717, 1.165) is 17.1 Å². The maximum atomic E-state index is 12.4. The van der Waals surface area contributed by atoms with Crippen LogP contribution in [0.4, 0.5) is 5.69 Å². The van der Waals surface area contributed by atoms with E-state index in [-0.39, 0.29) is 17.8 Å². The smallest absolute Gasteiger partial charge is 0.234 e.